The van der Waals surface area contributed by atoms with Crippen LogP contribution in [0.5, 0.6) is 0 Å². The maximum absolute atomic E-state index is 12.0. The van der Waals surface area contributed by atoms with E-state index in [9.17, 15) is 4.79 Å². The van der Waals surface area contributed by atoms with Gasteiger partial charge >= 0.3 is 0 Å². The molecule has 1 heterocycles. The van der Waals surface area contributed by atoms with Gasteiger partial charge in [-0.15, -0.1) is 11.8 Å². The molecule has 0 fully saturated rings. The van der Waals surface area contributed by atoms with Gasteiger partial charge in [0.2, 0.25) is 17.6 Å². The summed E-state index contributed by atoms with van der Waals surface area (Å²) in [6.07, 6.45) is 0. The molecule has 3 rings (SSSR count). The summed E-state index contributed by atoms with van der Waals surface area (Å²) in [4.78, 5) is 16.4. The molecule has 0 saturated carbocycles. The minimum Gasteiger partial charge on any atom is -0.338 e. The number of nitrogens with one attached hydrogen (secondary N) is 1. The maximum atomic E-state index is 12.0. The van der Waals surface area contributed by atoms with E-state index in [4.69, 9.17) is 9.78 Å². The summed E-state index contributed by atoms with van der Waals surface area (Å²) in [5.41, 5.74) is 2.95. The van der Waals surface area contributed by atoms with Crippen molar-refractivity contribution in [3.05, 3.63) is 65.5 Å². The third-order valence-corrected chi connectivity index (χ3v) is 4.55. The maximum Gasteiger partial charge on any atom is 0.236 e. The van der Waals surface area contributed by atoms with Gasteiger partial charge in [-0.2, -0.15) is 10.2 Å². The molecule has 6 nitrogen and oxygen atoms in total. The van der Waals surface area contributed by atoms with Crippen LogP contribution in [0.1, 0.15) is 17.0 Å². The Hall–Kier alpha value is -3.11. The number of hydrogen-bond acceptors (Lipinski definition) is 6. The van der Waals surface area contributed by atoms with Crippen molar-refractivity contribution in [1.29, 1.82) is 5.26 Å². The van der Waals surface area contributed by atoms with E-state index in [0.717, 1.165) is 11.1 Å². The third-order valence-electron chi connectivity index (χ3n) is 3.63. The lowest BCUT2D eigenvalue weighted by Crippen LogP contribution is -2.15. The number of thioether (sulfide) groups is 1. The topological polar surface area (TPSA) is 91.8 Å². The van der Waals surface area contributed by atoms with Gasteiger partial charge in [-0.25, -0.2) is 0 Å². The number of anilines is 1. The molecule has 3 aromatic rings. The average molecular weight is 364 g/mol. The number of hydrogen-bond donors (Lipinski definition) is 1. The molecule has 130 valence electrons. The van der Waals surface area contributed by atoms with Gasteiger partial charge in [-0.3, -0.25) is 4.79 Å². The lowest BCUT2D eigenvalue weighted by Gasteiger charge is -2.05. The Bertz CT molecular complexity index is 962. The SMILES string of the molecule is Cc1ccccc1-c1noc(CSCC(=O)Nc2ccccc2C#N)n1. The fourth-order valence-electron chi connectivity index (χ4n) is 2.35. The van der Waals surface area contributed by atoms with Gasteiger partial charge in [-0.05, 0) is 24.6 Å². The van der Waals surface area contributed by atoms with Crippen molar-refractivity contribution in [2.75, 3.05) is 11.1 Å². The summed E-state index contributed by atoms with van der Waals surface area (Å²) < 4.78 is 5.25. The number of carbonyl (C=O) groups excluding carboxylic acids is 1. The molecule has 7 heteroatoms. The molecule has 0 spiro atoms. The summed E-state index contributed by atoms with van der Waals surface area (Å²) in [6, 6.07) is 16.8. The van der Waals surface area contributed by atoms with Crippen LogP contribution < -0.4 is 5.32 Å². The fourth-order valence-corrected chi connectivity index (χ4v) is 3.01. The highest BCUT2D eigenvalue weighted by Gasteiger charge is 2.12. The molecule has 0 radical (unpaired) electrons. The molecule has 1 aromatic heterocycles. The zero-order valence-corrected chi connectivity index (χ0v) is 14.9. The number of nitriles is 1. The van der Waals surface area contributed by atoms with Crippen molar-refractivity contribution in [3.63, 3.8) is 0 Å². The highest BCUT2D eigenvalue weighted by atomic mass is 32.2. The molecular weight excluding hydrogens is 348 g/mol. The van der Waals surface area contributed by atoms with Gasteiger partial charge in [0.1, 0.15) is 6.07 Å². The van der Waals surface area contributed by atoms with Gasteiger partial charge < -0.3 is 9.84 Å². The van der Waals surface area contributed by atoms with E-state index in [2.05, 4.69) is 21.5 Å². The Kier molecular flexibility index (Phi) is 5.66. The van der Waals surface area contributed by atoms with Crippen molar-refractivity contribution in [2.45, 2.75) is 12.7 Å². The number of carbonyl (C=O) groups is 1. The smallest absolute Gasteiger partial charge is 0.236 e. The molecule has 1 amide bonds. The van der Waals surface area contributed by atoms with Crippen LogP contribution in [0.15, 0.2) is 53.1 Å². The van der Waals surface area contributed by atoms with E-state index in [-0.39, 0.29) is 11.7 Å². The fraction of sp³-hybridized carbons (Fsp3) is 0.158. The van der Waals surface area contributed by atoms with Crippen LogP contribution >= 0.6 is 11.8 Å². The number of para-hydroxylation sites is 1. The summed E-state index contributed by atoms with van der Waals surface area (Å²) in [5, 5.41) is 15.8. The van der Waals surface area contributed by atoms with Gasteiger partial charge in [0.25, 0.3) is 0 Å². The van der Waals surface area contributed by atoms with Crippen LogP contribution in [0.4, 0.5) is 5.69 Å². The Balaban J connectivity index is 1.53. The van der Waals surface area contributed by atoms with Crippen molar-refractivity contribution in [3.8, 4) is 17.5 Å². The summed E-state index contributed by atoms with van der Waals surface area (Å²) in [5.74, 6) is 1.49. The second-order valence-electron chi connectivity index (χ2n) is 5.53. The van der Waals surface area contributed by atoms with Crippen molar-refractivity contribution in [2.24, 2.45) is 0 Å². The van der Waals surface area contributed by atoms with Crippen molar-refractivity contribution < 1.29 is 9.32 Å². The van der Waals surface area contributed by atoms with Crippen LogP contribution in [-0.4, -0.2) is 21.8 Å². The van der Waals surface area contributed by atoms with Crippen LogP contribution in [0.3, 0.4) is 0 Å². The molecule has 0 unspecified atom stereocenters. The second-order valence-corrected chi connectivity index (χ2v) is 6.51. The Morgan fingerprint density at radius 1 is 1.23 bits per heavy atom. The van der Waals surface area contributed by atoms with E-state index in [1.54, 1.807) is 24.3 Å². The zero-order chi connectivity index (χ0) is 18.4. The molecule has 0 bridgehead atoms. The quantitative estimate of drug-likeness (QED) is 0.715. The molecule has 2 aromatic carbocycles. The van der Waals surface area contributed by atoms with Crippen LogP contribution in [0.25, 0.3) is 11.4 Å². The van der Waals surface area contributed by atoms with E-state index in [1.165, 1.54) is 11.8 Å². The average Bonchev–Trinajstić information content (AvgIpc) is 3.11. The highest BCUT2D eigenvalue weighted by molar-refractivity contribution is 7.99. The molecule has 0 atom stereocenters. The Labute approximate surface area is 155 Å². The van der Waals surface area contributed by atoms with Crippen LogP contribution in [0.2, 0.25) is 0 Å². The molecule has 0 aliphatic rings. The number of rotatable bonds is 6. The molecule has 0 aliphatic carbocycles. The second kappa shape index (κ2) is 8.32. The Morgan fingerprint density at radius 3 is 2.81 bits per heavy atom. The Morgan fingerprint density at radius 2 is 2.00 bits per heavy atom. The van der Waals surface area contributed by atoms with Gasteiger partial charge in [0.15, 0.2) is 0 Å². The predicted molar refractivity (Wildman–Crippen MR) is 100 cm³/mol. The predicted octanol–water partition coefficient (Wildman–Crippen LogP) is 3.79. The monoisotopic (exact) mass is 364 g/mol. The normalized spacial score (nSPS) is 10.3. The standard InChI is InChI=1S/C19H16N4O2S/c1-13-6-2-4-8-15(13)19-22-18(25-23-19)12-26-11-17(24)21-16-9-5-3-7-14(16)10-20/h2-9H,11-12H2,1H3,(H,21,24). The lowest BCUT2D eigenvalue weighted by atomic mass is 10.1. The molecule has 0 aliphatic heterocycles. The number of amides is 1. The third kappa shape index (κ3) is 4.29. The van der Waals surface area contributed by atoms with Crippen molar-refractivity contribution >= 4 is 23.4 Å². The minimum atomic E-state index is -0.184. The van der Waals surface area contributed by atoms with E-state index < -0.39 is 0 Å². The molecular formula is C19H16N4O2S. The molecule has 26 heavy (non-hydrogen) atoms. The first-order chi connectivity index (χ1) is 12.7. The number of nitrogens with zero attached hydrogens (tertiary/aromatic N) is 3. The van der Waals surface area contributed by atoms with Gasteiger partial charge in [0.05, 0.1) is 22.8 Å². The first-order valence-corrected chi connectivity index (χ1v) is 9.08. The van der Waals surface area contributed by atoms with Crippen LogP contribution in [0, 0.1) is 18.3 Å². The molecule has 0 saturated heterocycles. The summed E-state index contributed by atoms with van der Waals surface area (Å²) in [6.45, 7) is 1.99. The summed E-state index contributed by atoms with van der Waals surface area (Å²) in [7, 11) is 0. The van der Waals surface area contributed by atoms with Gasteiger partial charge in [0, 0.05) is 5.56 Å². The number of aromatic nitrogens is 2. The lowest BCUT2D eigenvalue weighted by molar-refractivity contribution is -0.113. The zero-order valence-electron chi connectivity index (χ0n) is 14.1. The van der Waals surface area contributed by atoms with Gasteiger partial charge in [-0.1, -0.05) is 41.6 Å². The van der Waals surface area contributed by atoms with E-state index >= 15 is 0 Å². The first kappa shape index (κ1) is 17.7. The minimum absolute atomic E-state index is 0.184. The molecule has 1 N–H and O–H groups in total. The summed E-state index contributed by atoms with van der Waals surface area (Å²) >= 11 is 1.37. The highest BCUT2D eigenvalue weighted by Crippen LogP contribution is 2.21. The number of aryl methyl sites for hydroxylation is 1. The van der Waals surface area contributed by atoms with E-state index in [1.807, 2.05) is 31.2 Å². The van der Waals surface area contributed by atoms with E-state index in [0.29, 0.717) is 28.7 Å². The largest absolute Gasteiger partial charge is 0.338 e. The first-order valence-electron chi connectivity index (χ1n) is 7.92. The number of benzene rings is 2. The van der Waals surface area contributed by atoms with Crippen molar-refractivity contribution in [1.82, 2.24) is 10.1 Å². The van der Waals surface area contributed by atoms with Crippen LogP contribution in [-0.2, 0) is 10.5 Å².